The number of aromatic nitrogens is 1. The quantitative estimate of drug-likeness (QED) is 0.257. The monoisotopic (exact) mass is 477 g/mol. The fraction of sp³-hybridized carbons (Fsp3) is 0. The molecule has 0 spiro atoms. The Kier molecular flexibility index (Phi) is 3.63. The van der Waals surface area contributed by atoms with E-state index in [0.29, 0.717) is 0 Å². The maximum atomic E-state index is 3.73. The van der Waals surface area contributed by atoms with E-state index in [1.54, 1.807) is 0 Å². The number of benzene rings is 3. The average Bonchev–Trinajstić information content (AvgIpc) is 2.88. The van der Waals surface area contributed by atoms with Gasteiger partial charge in [0.05, 0.1) is 21.2 Å². The molecule has 0 aliphatic heterocycles. The van der Waals surface area contributed by atoms with Crippen LogP contribution in [0, 0.1) is 0 Å². The van der Waals surface area contributed by atoms with Crippen molar-refractivity contribution in [2.24, 2.45) is 0 Å². The molecule has 4 rings (SSSR count). The third kappa shape index (κ3) is 2.08. The van der Waals surface area contributed by atoms with Crippen molar-refractivity contribution in [2.75, 3.05) is 0 Å². The van der Waals surface area contributed by atoms with E-state index in [4.69, 9.17) is 0 Å². The lowest BCUT2D eigenvalue weighted by Crippen LogP contribution is -1.95. The van der Waals surface area contributed by atoms with Gasteiger partial charge in [-0.1, -0.05) is 36.4 Å². The van der Waals surface area contributed by atoms with E-state index >= 15 is 0 Å². The molecule has 0 aliphatic rings. The van der Waals surface area contributed by atoms with E-state index in [1.165, 1.54) is 21.8 Å². The Morgan fingerprint density at radius 1 is 0.591 bits per heavy atom. The Hall–Kier alpha value is -1.10. The van der Waals surface area contributed by atoms with Gasteiger partial charge in [0, 0.05) is 19.7 Å². The van der Waals surface area contributed by atoms with Crippen molar-refractivity contribution in [1.29, 1.82) is 0 Å². The minimum atomic E-state index is 1.02. The number of rotatable bonds is 1. The second-order valence-corrected chi connectivity index (χ2v) is 7.50. The van der Waals surface area contributed by atoms with Gasteiger partial charge in [0.25, 0.3) is 0 Å². The third-order valence-corrected chi connectivity index (χ3v) is 7.19. The van der Waals surface area contributed by atoms with Crippen LogP contribution in [0.5, 0.6) is 0 Å². The van der Waals surface area contributed by atoms with Gasteiger partial charge in [-0.15, -0.1) is 0 Å². The highest BCUT2D eigenvalue weighted by Crippen LogP contribution is 2.39. The van der Waals surface area contributed by atoms with Gasteiger partial charge in [0.15, 0.2) is 0 Å². The summed E-state index contributed by atoms with van der Waals surface area (Å²) >= 11 is 10.9. The Labute approximate surface area is 153 Å². The van der Waals surface area contributed by atoms with Crippen LogP contribution < -0.4 is 0 Å². The lowest BCUT2D eigenvalue weighted by atomic mass is 10.2. The first-order valence-electron chi connectivity index (χ1n) is 6.80. The van der Waals surface area contributed by atoms with Gasteiger partial charge in [-0.3, -0.25) is 0 Å². The van der Waals surface area contributed by atoms with E-state index in [9.17, 15) is 0 Å². The first kappa shape index (κ1) is 14.5. The molecule has 0 amide bonds. The SMILES string of the molecule is Brc1ccc(-n2c3ccccc3c3ccccc32)c(Br)c1Br. The van der Waals surface area contributed by atoms with E-state index in [1.807, 2.05) is 0 Å². The van der Waals surface area contributed by atoms with Crippen LogP contribution in [0.3, 0.4) is 0 Å². The molecule has 0 N–H and O–H groups in total. The van der Waals surface area contributed by atoms with E-state index in [2.05, 4.69) is 113 Å². The highest BCUT2D eigenvalue weighted by Gasteiger charge is 2.15. The molecular weight excluding hydrogens is 470 g/mol. The fourth-order valence-electron chi connectivity index (χ4n) is 2.87. The zero-order valence-electron chi connectivity index (χ0n) is 11.4. The summed E-state index contributed by atoms with van der Waals surface area (Å²) < 4.78 is 5.38. The molecule has 1 nitrogen and oxygen atoms in total. The molecule has 0 saturated carbocycles. The Bertz CT molecular complexity index is 964. The lowest BCUT2D eigenvalue weighted by molar-refractivity contribution is 1.16. The Morgan fingerprint density at radius 3 is 1.73 bits per heavy atom. The first-order chi connectivity index (χ1) is 10.7. The summed E-state index contributed by atoms with van der Waals surface area (Å²) in [5, 5.41) is 2.54. The fourth-order valence-corrected chi connectivity index (χ4v) is 4.33. The molecule has 108 valence electrons. The van der Waals surface area contributed by atoms with Crippen molar-refractivity contribution in [2.45, 2.75) is 0 Å². The van der Waals surface area contributed by atoms with Crippen LogP contribution in [-0.2, 0) is 0 Å². The standard InChI is InChI=1S/C18H10Br3N/c19-13-9-10-16(18(21)17(13)20)22-14-7-3-1-5-11(14)12-6-2-4-8-15(12)22/h1-10H. The number of halogens is 3. The van der Waals surface area contributed by atoms with Gasteiger partial charge < -0.3 is 4.57 Å². The van der Waals surface area contributed by atoms with Crippen molar-refractivity contribution >= 4 is 69.6 Å². The van der Waals surface area contributed by atoms with Crippen LogP contribution in [0.2, 0.25) is 0 Å². The van der Waals surface area contributed by atoms with Crippen molar-refractivity contribution in [3.63, 3.8) is 0 Å². The second kappa shape index (κ2) is 5.52. The topological polar surface area (TPSA) is 4.93 Å². The van der Waals surface area contributed by atoms with Gasteiger partial charge in [0.1, 0.15) is 0 Å². The summed E-state index contributed by atoms with van der Waals surface area (Å²) in [5.74, 6) is 0. The molecule has 22 heavy (non-hydrogen) atoms. The molecule has 4 heteroatoms. The van der Waals surface area contributed by atoms with E-state index < -0.39 is 0 Å². The Balaban J connectivity index is 2.20. The van der Waals surface area contributed by atoms with Gasteiger partial charge in [-0.2, -0.15) is 0 Å². The van der Waals surface area contributed by atoms with Crippen LogP contribution in [0.25, 0.3) is 27.5 Å². The summed E-state index contributed by atoms with van der Waals surface area (Å²) in [7, 11) is 0. The molecule has 0 radical (unpaired) electrons. The molecule has 0 atom stereocenters. The van der Waals surface area contributed by atoms with Crippen molar-refractivity contribution < 1.29 is 0 Å². The molecule has 3 aromatic carbocycles. The van der Waals surface area contributed by atoms with Crippen LogP contribution >= 0.6 is 47.8 Å². The predicted molar refractivity (Wildman–Crippen MR) is 104 cm³/mol. The van der Waals surface area contributed by atoms with Crippen molar-refractivity contribution in [3.05, 3.63) is 74.1 Å². The van der Waals surface area contributed by atoms with Crippen LogP contribution in [0.1, 0.15) is 0 Å². The van der Waals surface area contributed by atoms with Gasteiger partial charge in [0.2, 0.25) is 0 Å². The van der Waals surface area contributed by atoms with Gasteiger partial charge in [-0.05, 0) is 72.1 Å². The first-order valence-corrected chi connectivity index (χ1v) is 9.18. The normalized spacial score (nSPS) is 11.4. The number of fused-ring (bicyclic) bond motifs is 3. The van der Waals surface area contributed by atoms with Gasteiger partial charge in [-0.25, -0.2) is 0 Å². The summed E-state index contributed by atoms with van der Waals surface area (Å²) in [6.07, 6.45) is 0. The van der Waals surface area contributed by atoms with Crippen LogP contribution in [0.4, 0.5) is 0 Å². The summed E-state index contributed by atoms with van der Waals surface area (Å²) in [5.41, 5.74) is 3.53. The number of nitrogens with zero attached hydrogens (tertiary/aromatic N) is 1. The second-order valence-electron chi connectivity index (χ2n) is 5.06. The zero-order valence-corrected chi connectivity index (χ0v) is 16.1. The molecular formula is C18H10Br3N. The molecule has 0 bridgehead atoms. The van der Waals surface area contributed by atoms with E-state index in [-0.39, 0.29) is 0 Å². The van der Waals surface area contributed by atoms with Gasteiger partial charge >= 0.3 is 0 Å². The predicted octanol–water partition coefficient (Wildman–Crippen LogP) is 7.07. The average molecular weight is 480 g/mol. The molecule has 0 fully saturated rings. The summed E-state index contributed by atoms with van der Waals surface area (Å²) in [6.45, 7) is 0. The molecule has 0 unspecified atom stereocenters. The maximum Gasteiger partial charge on any atom is 0.0616 e. The minimum absolute atomic E-state index is 1.02. The maximum absolute atomic E-state index is 3.73. The minimum Gasteiger partial charge on any atom is -0.308 e. The third-order valence-electron chi connectivity index (χ3n) is 3.84. The van der Waals surface area contributed by atoms with E-state index in [0.717, 1.165) is 19.1 Å². The van der Waals surface area contributed by atoms with Crippen LogP contribution in [-0.4, -0.2) is 4.57 Å². The molecule has 0 aliphatic carbocycles. The lowest BCUT2D eigenvalue weighted by Gasteiger charge is -2.12. The van der Waals surface area contributed by atoms with Crippen molar-refractivity contribution in [1.82, 2.24) is 4.57 Å². The number of para-hydroxylation sites is 2. The molecule has 1 aromatic heterocycles. The molecule has 1 heterocycles. The molecule has 0 saturated heterocycles. The summed E-state index contributed by atoms with van der Waals surface area (Å²) in [4.78, 5) is 0. The van der Waals surface area contributed by atoms with Crippen LogP contribution in [0.15, 0.2) is 74.1 Å². The van der Waals surface area contributed by atoms with Crippen molar-refractivity contribution in [3.8, 4) is 5.69 Å². The smallest absolute Gasteiger partial charge is 0.0616 e. The Morgan fingerprint density at radius 2 is 1.14 bits per heavy atom. The highest BCUT2D eigenvalue weighted by molar-refractivity contribution is 9.14. The number of hydrogen-bond acceptors (Lipinski definition) is 0. The largest absolute Gasteiger partial charge is 0.308 e. The summed E-state index contributed by atoms with van der Waals surface area (Å²) in [6, 6.07) is 21.2. The molecule has 4 aromatic rings. The number of hydrogen-bond donors (Lipinski definition) is 0. The zero-order chi connectivity index (χ0) is 15.3. The highest BCUT2D eigenvalue weighted by atomic mass is 79.9.